The quantitative estimate of drug-likeness (QED) is 0.763. The molecule has 0 saturated carbocycles. The lowest BCUT2D eigenvalue weighted by atomic mass is 9.90. The van der Waals surface area contributed by atoms with Crippen molar-refractivity contribution in [2.75, 3.05) is 6.54 Å². The van der Waals surface area contributed by atoms with E-state index in [9.17, 15) is 4.39 Å². The maximum absolute atomic E-state index is 14.0. The fourth-order valence-electron chi connectivity index (χ4n) is 2.15. The largest absolute Gasteiger partial charge is 0.310 e. The standard InChI is InChI=1S/C12H14BrClFN/c1-7-4-5-16-10(6-7)8-2-3-9(13)11(14)12(8)15/h2-3,7,10,16H,4-6H2,1H3. The first-order valence-corrected chi connectivity index (χ1v) is 6.63. The van der Waals surface area contributed by atoms with Gasteiger partial charge in [0.25, 0.3) is 0 Å². The molecule has 1 fully saturated rings. The number of rotatable bonds is 1. The van der Waals surface area contributed by atoms with E-state index in [1.54, 1.807) is 6.07 Å². The van der Waals surface area contributed by atoms with Gasteiger partial charge in [0.2, 0.25) is 0 Å². The molecule has 2 atom stereocenters. The molecule has 0 bridgehead atoms. The summed E-state index contributed by atoms with van der Waals surface area (Å²) in [5.41, 5.74) is 0.680. The summed E-state index contributed by atoms with van der Waals surface area (Å²) in [6.45, 7) is 3.14. The summed E-state index contributed by atoms with van der Waals surface area (Å²) < 4.78 is 14.6. The molecule has 0 aliphatic carbocycles. The van der Waals surface area contributed by atoms with E-state index in [-0.39, 0.29) is 16.9 Å². The van der Waals surface area contributed by atoms with E-state index in [4.69, 9.17) is 11.6 Å². The summed E-state index contributed by atoms with van der Waals surface area (Å²) >= 11 is 9.11. The molecule has 1 aromatic carbocycles. The summed E-state index contributed by atoms with van der Waals surface area (Å²) in [5.74, 6) is 0.329. The second kappa shape index (κ2) is 5.03. The zero-order valence-corrected chi connectivity index (χ0v) is 11.4. The van der Waals surface area contributed by atoms with Crippen LogP contribution in [0.3, 0.4) is 0 Å². The van der Waals surface area contributed by atoms with Crippen molar-refractivity contribution in [3.8, 4) is 0 Å². The number of halogens is 3. The van der Waals surface area contributed by atoms with Gasteiger partial charge in [-0.05, 0) is 47.3 Å². The van der Waals surface area contributed by atoms with Crippen molar-refractivity contribution < 1.29 is 4.39 Å². The molecule has 0 aromatic heterocycles. The average molecular weight is 307 g/mol. The Balaban J connectivity index is 2.29. The second-order valence-electron chi connectivity index (χ2n) is 4.40. The van der Waals surface area contributed by atoms with Crippen molar-refractivity contribution in [2.45, 2.75) is 25.8 Å². The van der Waals surface area contributed by atoms with Crippen LogP contribution in [0.1, 0.15) is 31.4 Å². The number of hydrogen-bond donors (Lipinski definition) is 1. The zero-order chi connectivity index (χ0) is 11.7. The molecular formula is C12H14BrClFN. The third kappa shape index (κ3) is 2.41. The van der Waals surface area contributed by atoms with Crippen LogP contribution in [0.15, 0.2) is 16.6 Å². The van der Waals surface area contributed by atoms with Crippen LogP contribution in [0, 0.1) is 11.7 Å². The summed E-state index contributed by atoms with van der Waals surface area (Å²) in [7, 11) is 0. The van der Waals surface area contributed by atoms with E-state index in [1.165, 1.54) is 0 Å². The van der Waals surface area contributed by atoms with Gasteiger partial charge in [-0.2, -0.15) is 0 Å². The summed E-state index contributed by atoms with van der Waals surface area (Å²) in [6.07, 6.45) is 2.12. The fourth-order valence-corrected chi connectivity index (χ4v) is 2.63. The monoisotopic (exact) mass is 305 g/mol. The first kappa shape index (κ1) is 12.3. The van der Waals surface area contributed by atoms with Gasteiger partial charge in [0.05, 0.1) is 5.02 Å². The van der Waals surface area contributed by atoms with Crippen molar-refractivity contribution in [2.24, 2.45) is 5.92 Å². The van der Waals surface area contributed by atoms with Gasteiger partial charge in [-0.25, -0.2) is 4.39 Å². The Labute approximate surface area is 109 Å². The van der Waals surface area contributed by atoms with Gasteiger partial charge in [-0.3, -0.25) is 0 Å². The van der Waals surface area contributed by atoms with E-state index >= 15 is 0 Å². The Hall–Kier alpha value is -0.120. The SMILES string of the molecule is CC1CCNC(c2ccc(Br)c(Cl)c2F)C1. The molecule has 88 valence electrons. The highest BCUT2D eigenvalue weighted by molar-refractivity contribution is 9.10. The third-order valence-electron chi connectivity index (χ3n) is 3.11. The lowest BCUT2D eigenvalue weighted by Crippen LogP contribution is -2.31. The molecule has 1 aliphatic heterocycles. The maximum Gasteiger partial charge on any atom is 0.147 e. The Morgan fingerprint density at radius 2 is 2.25 bits per heavy atom. The molecule has 1 heterocycles. The first-order chi connectivity index (χ1) is 7.59. The van der Waals surface area contributed by atoms with Crippen LogP contribution in [0.4, 0.5) is 4.39 Å². The van der Waals surface area contributed by atoms with E-state index in [0.29, 0.717) is 16.0 Å². The fraction of sp³-hybridized carbons (Fsp3) is 0.500. The van der Waals surface area contributed by atoms with Crippen LogP contribution in [0.25, 0.3) is 0 Å². The number of piperidine rings is 1. The molecule has 2 unspecified atom stereocenters. The lowest BCUT2D eigenvalue weighted by Gasteiger charge is -2.29. The number of hydrogen-bond acceptors (Lipinski definition) is 1. The molecule has 0 amide bonds. The van der Waals surface area contributed by atoms with Crippen LogP contribution in [0.2, 0.25) is 5.02 Å². The predicted octanol–water partition coefficient (Wildman–Crippen LogP) is 4.30. The molecule has 0 spiro atoms. The molecule has 1 saturated heterocycles. The van der Waals surface area contributed by atoms with Gasteiger partial charge in [-0.15, -0.1) is 0 Å². The molecule has 2 rings (SSSR count). The minimum atomic E-state index is -0.303. The summed E-state index contributed by atoms with van der Waals surface area (Å²) in [5, 5.41) is 3.52. The van der Waals surface area contributed by atoms with Crippen LogP contribution in [0.5, 0.6) is 0 Å². The van der Waals surface area contributed by atoms with Gasteiger partial charge in [0.1, 0.15) is 5.82 Å². The molecule has 1 nitrogen and oxygen atoms in total. The van der Waals surface area contributed by atoms with Crippen molar-refractivity contribution in [1.82, 2.24) is 5.32 Å². The smallest absolute Gasteiger partial charge is 0.147 e. The minimum absolute atomic E-state index is 0.0920. The molecule has 1 aromatic rings. The van der Waals surface area contributed by atoms with Crippen LogP contribution in [-0.4, -0.2) is 6.54 Å². The Bertz CT molecular complexity index is 397. The topological polar surface area (TPSA) is 12.0 Å². The predicted molar refractivity (Wildman–Crippen MR) is 68.3 cm³/mol. The molecule has 4 heteroatoms. The summed E-state index contributed by atoms with van der Waals surface area (Å²) in [4.78, 5) is 0. The number of benzene rings is 1. The van der Waals surface area contributed by atoms with E-state index in [0.717, 1.165) is 19.4 Å². The highest BCUT2D eigenvalue weighted by atomic mass is 79.9. The zero-order valence-electron chi connectivity index (χ0n) is 9.06. The van der Waals surface area contributed by atoms with Gasteiger partial charge < -0.3 is 5.32 Å². The Kier molecular flexibility index (Phi) is 3.88. The van der Waals surface area contributed by atoms with Gasteiger partial charge in [0, 0.05) is 16.1 Å². The Morgan fingerprint density at radius 1 is 1.50 bits per heavy atom. The minimum Gasteiger partial charge on any atom is -0.310 e. The Morgan fingerprint density at radius 3 is 2.94 bits per heavy atom. The maximum atomic E-state index is 14.0. The highest BCUT2D eigenvalue weighted by Gasteiger charge is 2.23. The highest BCUT2D eigenvalue weighted by Crippen LogP contribution is 2.34. The van der Waals surface area contributed by atoms with Crippen molar-refractivity contribution in [3.63, 3.8) is 0 Å². The summed E-state index contributed by atoms with van der Waals surface area (Å²) in [6, 6.07) is 3.71. The normalized spacial score (nSPS) is 25.8. The molecule has 1 aliphatic rings. The van der Waals surface area contributed by atoms with E-state index in [1.807, 2.05) is 6.07 Å². The van der Waals surface area contributed by atoms with Crippen LogP contribution >= 0.6 is 27.5 Å². The van der Waals surface area contributed by atoms with Crippen molar-refractivity contribution in [3.05, 3.63) is 33.0 Å². The molecule has 16 heavy (non-hydrogen) atoms. The average Bonchev–Trinajstić information content (AvgIpc) is 2.26. The van der Waals surface area contributed by atoms with E-state index in [2.05, 4.69) is 28.2 Å². The molecular weight excluding hydrogens is 292 g/mol. The van der Waals surface area contributed by atoms with Gasteiger partial charge >= 0.3 is 0 Å². The van der Waals surface area contributed by atoms with Crippen molar-refractivity contribution >= 4 is 27.5 Å². The van der Waals surface area contributed by atoms with Crippen LogP contribution in [-0.2, 0) is 0 Å². The van der Waals surface area contributed by atoms with Crippen molar-refractivity contribution in [1.29, 1.82) is 0 Å². The van der Waals surface area contributed by atoms with Gasteiger partial charge in [-0.1, -0.05) is 24.6 Å². The van der Waals surface area contributed by atoms with Crippen LogP contribution < -0.4 is 5.32 Å². The molecule has 1 N–H and O–H groups in total. The second-order valence-corrected chi connectivity index (χ2v) is 5.63. The lowest BCUT2D eigenvalue weighted by molar-refractivity contribution is 0.319. The molecule has 0 radical (unpaired) electrons. The first-order valence-electron chi connectivity index (χ1n) is 5.46. The third-order valence-corrected chi connectivity index (χ3v) is 4.37. The van der Waals surface area contributed by atoms with Gasteiger partial charge in [0.15, 0.2) is 0 Å². The van der Waals surface area contributed by atoms with E-state index < -0.39 is 0 Å². The number of nitrogens with one attached hydrogen (secondary N) is 1.